The molecule has 1 aromatic carbocycles. The van der Waals surface area contributed by atoms with Gasteiger partial charge >= 0.3 is 6.03 Å². The van der Waals surface area contributed by atoms with Crippen molar-refractivity contribution in [3.8, 4) is 5.75 Å². The van der Waals surface area contributed by atoms with Crippen molar-refractivity contribution in [1.29, 1.82) is 0 Å². The third-order valence-corrected chi connectivity index (χ3v) is 3.69. The lowest BCUT2D eigenvalue weighted by Gasteiger charge is -2.23. The Morgan fingerprint density at radius 2 is 2.00 bits per heavy atom. The highest BCUT2D eigenvalue weighted by Crippen LogP contribution is 2.16. The number of rotatable bonds is 8. The van der Waals surface area contributed by atoms with Gasteiger partial charge < -0.3 is 10.1 Å². The number of ether oxygens (including phenoxy) is 1. The molecule has 0 aliphatic heterocycles. The van der Waals surface area contributed by atoms with Crippen LogP contribution in [-0.4, -0.2) is 49.6 Å². The van der Waals surface area contributed by atoms with Crippen molar-refractivity contribution >= 4 is 23.5 Å². The largest absolute Gasteiger partial charge is 0.492 e. The lowest BCUT2D eigenvalue weighted by molar-refractivity contribution is -0.124. The first-order chi connectivity index (χ1) is 11.3. The third-order valence-electron chi connectivity index (χ3n) is 3.46. The molecule has 0 spiro atoms. The average molecular weight is 356 g/mol. The van der Waals surface area contributed by atoms with Crippen molar-refractivity contribution in [3.63, 3.8) is 0 Å². The Morgan fingerprint density at radius 1 is 1.29 bits per heavy atom. The first-order valence-corrected chi connectivity index (χ1v) is 8.34. The van der Waals surface area contributed by atoms with Gasteiger partial charge in [-0.05, 0) is 38.1 Å². The molecule has 0 aromatic heterocycles. The van der Waals surface area contributed by atoms with Gasteiger partial charge in [0.2, 0.25) is 5.91 Å². The molecule has 0 heterocycles. The van der Waals surface area contributed by atoms with E-state index in [0.29, 0.717) is 36.4 Å². The van der Waals surface area contributed by atoms with Crippen LogP contribution < -0.4 is 15.4 Å². The van der Waals surface area contributed by atoms with Gasteiger partial charge in [0.05, 0.1) is 6.04 Å². The number of amides is 3. The van der Waals surface area contributed by atoms with Gasteiger partial charge in [0, 0.05) is 18.1 Å². The van der Waals surface area contributed by atoms with E-state index in [4.69, 9.17) is 16.3 Å². The van der Waals surface area contributed by atoms with Crippen LogP contribution in [0, 0.1) is 5.92 Å². The molecule has 1 rings (SSSR count). The molecule has 0 saturated heterocycles. The van der Waals surface area contributed by atoms with Gasteiger partial charge in [0.25, 0.3) is 0 Å². The van der Waals surface area contributed by atoms with E-state index in [2.05, 4.69) is 10.6 Å². The standard InChI is InChI=1S/C17H26ClN3O3/c1-12(2)11-19-17(23)20-16(22)13(3)21(4)8-9-24-15-7-5-6-14(18)10-15/h5-7,10,12-13H,8-9,11H2,1-4H3,(H2,19,20,22,23). The highest BCUT2D eigenvalue weighted by atomic mass is 35.5. The van der Waals surface area contributed by atoms with E-state index in [-0.39, 0.29) is 5.91 Å². The number of hydrogen-bond acceptors (Lipinski definition) is 4. The van der Waals surface area contributed by atoms with Gasteiger partial charge in [-0.3, -0.25) is 15.0 Å². The van der Waals surface area contributed by atoms with E-state index in [1.165, 1.54) is 0 Å². The van der Waals surface area contributed by atoms with E-state index in [1.807, 2.05) is 30.9 Å². The molecule has 0 saturated carbocycles. The van der Waals surface area contributed by atoms with Gasteiger partial charge in [-0.15, -0.1) is 0 Å². The second kappa shape index (κ2) is 10.2. The van der Waals surface area contributed by atoms with Crippen molar-refractivity contribution in [1.82, 2.24) is 15.5 Å². The van der Waals surface area contributed by atoms with Crippen molar-refractivity contribution in [3.05, 3.63) is 29.3 Å². The summed E-state index contributed by atoms with van der Waals surface area (Å²) in [4.78, 5) is 25.5. The maximum absolute atomic E-state index is 12.0. The minimum absolute atomic E-state index is 0.328. The second-order valence-electron chi connectivity index (χ2n) is 6.06. The van der Waals surface area contributed by atoms with E-state index < -0.39 is 12.1 Å². The molecule has 0 radical (unpaired) electrons. The van der Waals surface area contributed by atoms with Crippen molar-refractivity contribution < 1.29 is 14.3 Å². The van der Waals surface area contributed by atoms with Gasteiger partial charge in [-0.25, -0.2) is 4.79 Å². The number of urea groups is 1. The molecule has 7 heteroatoms. The van der Waals surface area contributed by atoms with Crippen LogP contribution in [-0.2, 0) is 4.79 Å². The summed E-state index contributed by atoms with van der Waals surface area (Å²) < 4.78 is 5.60. The fourth-order valence-electron chi connectivity index (χ4n) is 1.82. The van der Waals surface area contributed by atoms with E-state index in [1.54, 1.807) is 26.1 Å². The van der Waals surface area contributed by atoms with Crippen LogP contribution in [0.15, 0.2) is 24.3 Å². The van der Waals surface area contributed by atoms with Crippen LogP contribution in [0.25, 0.3) is 0 Å². The minimum Gasteiger partial charge on any atom is -0.492 e. The lowest BCUT2D eigenvalue weighted by atomic mass is 10.2. The fourth-order valence-corrected chi connectivity index (χ4v) is 2.00. The number of nitrogens with one attached hydrogen (secondary N) is 2. The number of nitrogens with zero attached hydrogens (tertiary/aromatic N) is 1. The topological polar surface area (TPSA) is 70.7 Å². The van der Waals surface area contributed by atoms with E-state index >= 15 is 0 Å². The second-order valence-corrected chi connectivity index (χ2v) is 6.49. The van der Waals surface area contributed by atoms with Crippen LogP contribution in [0.5, 0.6) is 5.75 Å². The summed E-state index contributed by atoms with van der Waals surface area (Å²) in [5.74, 6) is 0.664. The SMILES string of the molecule is CC(C)CNC(=O)NC(=O)C(C)N(C)CCOc1cccc(Cl)c1. The van der Waals surface area contributed by atoms with Gasteiger partial charge in [0.15, 0.2) is 0 Å². The predicted molar refractivity (Wildman–Crippen MR) is 95.4 cm³/mol. The summed E-state index contributed by atoms with van der Waals surface area (Å²) in [6, 6.07) is 6.23. The number of hydrogen-bond donors (Lipinski definition) is 2. The molecule has 1 unspecified atom stereocenters. The predicted octanol–water partition coefficient (Wildman–Crippen LogP) is 2.52. The van der Waals surface area contributed by atoms with Crippen LogP contribution in [0.4, 0.5) is 4.79 Å². The molecular weight excluding hydrogens is 330 g/mol. The summed E-state index contributed by atoms with van der Waals surface area (Å²) in [6.07, 6.45) is 0. The molecule has 0 bridgehead atoms. The molecule has 0 aliphatic rings. The first kappa shape index (κ1) is 20.3. The van der Waals surface area contributed by atoms with Crippen molar-refractivity contribution in [2.45, 2.75) is 26.8 Å². The van der Waals surface area contributed by atoms with Crippen LogP contribution >= 0.6 is 11.6 Å². The summed E-state index contributed by atoms with van der Waals surface area (Å²) in [5, 5.41) is 5.60. The molecule has 134 valence electrons. The zero-order valence-corrected chi connectivity index (χ0v) is 15.4. The number of halogens is 1. The number of likely N-dealkylation sites (N-methyl/N-ethyl adjacent to an activating group) is 1. The number of carbonyl (C=O) groups excluding carboxylic acids is 2. The van der Waals surface area contributed by atoms with Crippen LogP contribution in [0.1, 0.15) is 20.8 Å². The summed E-state index contributed by atoms with van der Waals surface area (Å²) in [5.41, 5.74) is 0. The first-order valence-electron chi connectivity index (χ1n) is 7.97. The normalized spacial score (nSPS) is 12.1. The maximum Gasteiger partial charge on any atom is 0.321 e. The monoisotopic (exact) mass is 355 g/mol. The maximum atomic E-state index is 12.0. The Labute approximate surface area is 148 Å². The summed E-state index contributed by atoms with van der Waals surface area (Å²) >= 11 is 5.89. The molecule has 1 aromatic rings. The lowest BCUT2D eigenvalue weighted by Crippen LogP contribution is -2.49. The Morgan fingerprint density at radius 3 is 2.62 bits per heavy atom. The van der Waals surface area contributed by atoms with Crippen LogP contribution in [0.2, 0.25) is 5.02 Å². The fraction of sp³-hybridized carbons (Fsp3) is 0.529. The van der Waals surface area contributed by atoms with Crippen molar-refractivity contribution in [2.24, 2.45) is 5.92 Å². The molecule has 2 N–H and O–H groups in total. The quantitative estimate of drug-likeness (QED) is 0.751. The minimum atomic E-state index is -0.468. The van der Waals surface area contributed by atoms with Gasteiger partial charge in [0.1, 0.15) is 12.4 Å². The Balaban J connectivity index is 2.33. The number of imide groups is 1. The molecule has 0 fully saturated rings. The molecule has 3 amide bonds. The zero-order valence-electron chi connectivity index (χ0n) is 14.6. The summed E-state index contributed by atoms with van der Waals surface area (Å²) in [7, 11) is 1.80. The number of benzene rings is 1. The van der Waals surface area contributed by atoms with E-state index in [9.17, 15) is 9.59 Å². The Bertz CT molecular complexity index is 552. The van der Waals surface area contributed by atoms with Gasteiger partial charge in [-0.1, -0.05) is 31.5 Å². The molecule has 6 nitrogen and oxygen atoms in total. The Hall–Kier alpha value is -1.79. The molecule has 1 atom stereocenters. The van der Waals surface area contributed by atoms with Gasteiger partial charge in [-0.2, -0.15) is 0 Å². The van der Waals surface area contributed by atoms with Crippen molar-refractivity contribution in [2.75, 3.05) is 26.7 Å². The third kappa shape index (κ3) is 7.66. The molecule has 0 aliphatic carbocycles. The molecular formula is C17H26ClN3O3. The summed E-state index contributed by atoms with van der Waals surface area (Å²) in [6.45, 7) is 7.18. The molecule has 24 heavy (non-hydrogen) atoms. The average Bonchev–Trinajstić information content (AvgIpc) is 2.52. The Kier molecular flexibility index (Phi) is 8.57. The number of carbonyl (C=O) groups is 2. The van der Waals surface area contributed by atoms with Crippen LogP contribution in [0.3, 0.4) is 0 Å². The smallest absolute Gasteiger partial charge is 0.321 e. The highest BCUT2D eigenvalue weighted by Gasteiger charge is 2.19. The highest BCUT2D eigenvalue weighted by molar-refractivity contribution is 6.30. The zero-order chi connectivity index (χ0) is 18.1. The van der Waals surface area contributed by atoms with E-state index in [0.717, 1.165) is 0 Å².